The predicted molar refractivity (Wildman–Crippen MR) is 68.8 cm³/mol. The Morgan fingerprint density at radius 2 is 2.32 bits per heavy atom. The number of aromatic nitrogens is 6. The Kier molecular flexibility index (Phi) is 2.92. The maximum Gasteiger partial charge on any atom is 0.223 e. The van der Waals surface area contributed by atoms with Crippen LogP contribution in [0.15, 0.2) is 28.9 Å². The first-order valence-electron chi connectivity index (χ1n) is 5.60. The van der Waals surface area contributed by atoms with E-state index >= 15 is 0 Å². The van der Waals surface area contributed by atoms with Crippen LogP contribution in [0.1, 0.15) is 11.7 Å². The van der Waals surface area contributed by atoms with E-state index in [1.54, 1.807) is 17.7 Å². The lowest BCUT2D eigenvalue weighted by Crippen LogP contribution is -2.04. The van der Waals surface area contributed by atoms with Crippen LogP contribution in [0.25, 0.3) is 11.5 Å². The minimum absolute atomic E-state index is 0.387. The molecule has 8 heteroatoms. The van der Waals surface area contributed by atoms with Gasteiger partial charge in [-0.15, -0.1) is 0 Å². The highest BCUT2D eigenvalue weighted by molar-refractivity contribution is 7.71. The molecule has 3 aromatic rings. The van der Waals surface area contributed by atoms with Gasteiger partial charge in [0, 0.05) is 13.1 Å². The average molecular weight is 274 g/mol. The second-order valence-corrected chi connectivity index (χ2v) is 4.27. The largest absolute Gasteiger partial charge is 0.340 e. The highest BCUT2D eigenvalue weighted by Gasteiger charge is 2.12. The van der Waals surface area contributed by atoms with Crippen LogP contribution in [0.5, 0.6) is 0 Å². The van der Waals surface area contributed by atoms with Gasteiger partial charge >= 0.3 is 0 Å². The highest BCUT2D eigenvalue weighted by Crippen LogP contribution is 2.14. The molecule has 19 heavy (non-hydrogen) atoms. The van der Waals surface area contributed by atoms with Gasteiger partial charge in [-0.1, -0.05) is 11.2 Å². The van der Waals surface area contributed by atoms with Gasteiger partial charge in [-0.25, -0.2) is 0 Å². The minimum atomic E-state index is 0.387. The van der Waals surface area contributed by atoms with Crippen LogP contribution < -0.4 is 0 Å². The molecule has 1 N–H and O–H groups in total. The van der Waals surface area contributed by atoms with Crippen molar-refractivity contribution in [2.24, 2.45) is 0 Å². The van der Waals surface area contributed by atoms with Crippen LogP contribution in [-0.4, -0.2) is 29.9 Å². The van der Waals surface area contributed by atoms with E-state index in [2.05, 4.69) is 25.3 Å². The first-order valence-corrected chi connectivity index (χ1v) is 6.00. The summed E-state index contributed by atoms with van der Waals surface area (Å²) in [5, 5.41) is 10.8. The maximum absolute atomic E-state index is 5.21. The summed E-state index contributed by atoms with van der Waals surface area (Å²) in [6, 6.07) is 5.60. The fraction of sp³-hybridized carbons (Fsp3) is 0.182. The van der Waals surface area contributed by atoms with Crippen LogP contribution in [0, 0.1) is 11.7 Å². The van der Waals surface area contributed by atoms with Gasteiger partial charge in [-0.2, -0.15) is 10.1 Å². The van der Waals surface area contributed by atoms with Crippen molar-refractivity contribution in [1.29, 1.82) is 0 Å². The molecule has 3 aromatic heterocycles. The standard InChI is InChI=1S/C11H10N6OS/c1-7-13-9(16-18-7)6-17-10(14-15-11(17)19)8-4-2-3-5-12-8/h2-5H,6H2,1H3,(H,15,19). The molecule has 0 aliphatic heterocycles. The second kappa shape index (κ2) is 4.73. The molecule has 0 aromatic carbocycles. The Bertz CT molecular complexity index is 744. The summed E-state index contributed by atoms with van der Waals surface area (Å²) in [4.78, 5) is 8.41. The number of hydrogen-bond donors (Lipinski definition) is 1. The molecule has 7 nitrogen and oxygen atoms in total. The zero-order valence-electron chi connectivity index (χ0n) is 10.1. The number of hydrogen-bond acceptors (Lipinski definition) is 6. The van der Waals surface area contributed by atoms with E-state index in [-0.39, 0.29) is 0 Å². The number of aromatic amines is 1. The zero-order chi connectivity index (χ0) is 13.2. The van der Waals surface area contributed by atoms with Crippen molar-refractivity contribution in [2.75, 3.05) is 0 Å². The third-order valence-corrected chi connectivity index (χ3v) is 2.83. The molecule has 0 fully saturated rings. The fourth-order valence-corrected chi connectivity index (χ4v) is 1.90. The minimum Gasteiger partial charge on any atom is -0.340 e. The molecule has 0 aliphatic carbocycles. The number of rotatable bonds is 3. The van der Waals surface area contributed by atoms with Crippen molar-refractivity contribution in [3.05, 3.63) is 40.9 Å². The topological polar surface area (TPSA) is 85.4 Å². The lowest BCUT2D eigenvalue weighted by atomic mass is 10.3. The zero-order valence-corrected chi connectivity index (χ0v) is 10.9. The molecule has 0 atom stereocenters. The van der Waals surface area contributed by atoms with Crippen LogP contribution in [0.3, 0.4) is 0 Å². The van der Waals surface area contributed by atoms with Gasteiger partial charge in [0.05, 0.1) is 6.54 Å². The molecule has 3 rings (SSSR count). The Labute approximate surface area is 113 Å². The van der Waals surface area contributed by atoms with Crippen LogP contribution >= 0.6 is 12.2 Å². The first-order chi connectivity index (χ1) is 9.24. The molecule has 96 valence electrons. The first kappa shape index (κ1) is 11.7. The van der Waals surface area contributed by atoms with Gasteiger partial charge in [-0.3, -0.25) is 14.6 Å². The quantitative estimate of drug-likeness (QED) is 0.732. The Balaban J connectivity index is 2.02. The van der Waals surface area contributed by atoms with Crippen molar-refractivity contribution in [1.82, 2.24) is 29.9 Å². The van der Waals surface area contributed by atoms with Gasteiger partial charge in [-0.05, 0) is 24.4 Å². The van der Waals surface area contributed by atoms with Crippen molar-refractivity contribution >= 4 is 12.2 Å². The van der Waals surface area contributed by atoms with Gasteiger partial charge in [0.25, 0.3) is 0 Å². The molecular formula is C11H10N6OS. The van der Waals surface area contributed by atoms with Gasteiger partial charge in [0.2, 0.25) is 5.89 Å². The monoisotopic (exact) mass is 274 g/mol. The number of nitrogens with one attached hydrogen (secondary N) is 1. The average Bonchev–Trinajstić information content (AvgIpc) is 2.99. The van der Waals surface area contributed by atoms with E-state index in [0.717, 1.165) is 5.69 Å². The summed E-state index contributed by atoms with van der Waals surface area (Å²) >= 11 is 5.21. The summed E-state index contributed by atoms with van der Waals surface area (Å²) in [6.45, 7) is 2.13. The molecular weight excluding hydrogens is 264 g/mol. The smallest absolute Gasteiger partial charge is 0.223 e. The number of H-pyrrole nitrogens is 1. The summed E-state index contributed by atoms with van der Waals surface area (Å²) in [5.41, 5.74) is 0.732. The van der Waals surface area contributed by atoms with E-state index in [1.165, 1.54) is 0 Å². The molecule has 0 unspecified atom stereocenters. The molecule has 3 heterocycles. The van der Waals surface area contributed by atoms with E-state index in [4.69, 9.17) is 16.7 Å². The number of pyridine rings is 1. The van der Waals surface area contributed by atoms with Gasteiger partial charge < -0.3 is 4.52 Å². The number of nitrogens with zero attached hydrogens (tertiary/aromatic N) is 5. The highest BCUT2D eigenvalue weighted by atomic mass is 32.1. The predicted octanol–water partition coefficient (Wildman–Crippen LogP) is 1.74. The van der Waals surface area contributed by atoms with E-state index in [9.17, 15) is 0 Å². The second-order valence-electron chi connectivity index (χ2n) is 3.88. The summed E-state index contributed by atoms with van der Waals surface area (Å²) in [7, 11) is 0. The van der Waals surface area contributed by atoms with Gasteiger partial charge in [0.1, 0.15) is 5.69 Å². The van der Waals surface area contributed by atoms with E-state index in [0.29, 0.717) is 28.9 Å². The van der Waals surface area contributed by atoms with Crippen molar-refractivity contribution < 1.29 is 4.52 Å². The van der Waals surface area contributed by atoms with Gasteiger partial charge in [0.15, 0.2) is 16.4 Å². The summed E-state index contributed by atoms with van der Waals surface area (Å²) in [6.07, 6.45) is 1.70. The van der Waals surface area contributed by atoms with E-state index in [1.807, 2.05) is 18.2 Å². The molecule has 0 spiro atoms. The molecule has 0 saturated carbocycles. The Morgan fingerprint density at radius 1 is 1.42 bits per heavy atom. The molecule has 0 radical (unpaired) electrons. The lowest BCUT2D eigenvalue weighted by Gasteiger charge is -2.02. The normalized spacial score (nSPS) is 10.8. The lowest BCUT2D eigenvalue weighted by molar-refractivity contribution is 0.386. The third kappa shape index (κ3) is 2.29. The van der Waals surface area contributed by atoms with Crippen molar-refractivity contribution in [3.8, 4) is 11.5 Å². The molecule has 0 bridgehead atoms. The fourth-order valence-electron chi connectivity index (χ4n) is 1.70. The third-order valence-electron chi connectivity index (χ3n) is 2.52. The van der Waals surface area contributed by atoms with Crippen molar-refractivity contribution in [3.63, 3.8) is 0 Å². The molecule has 0 saturated heterocycles. The Morgan fingerprint density at radius 3 is 3.00 bits per heavy atom. The van der Waals surface area contributed by atoms with Crippen LogP contribution in [-0.2, 0) is 6.54 Å². The Hall–Kier alpha value is -2.35. The van der Waals surface area contributed by atoms with E-state index < -0.39 is 0 Å². The summed E-state index contributed by atoms with van der Waals surface area (Å²) in [5.74, 6) is 1.71. The van der Waals surface area contributed by atoms with Crippen LogP contribution in [0.4, 0.5) is 0 Å². The van der Waals surface area contributed by atoms with Crippen LogP contribution in [0.2, 0.25) is 0 Å². The SMILES string of the molecule is Cc1nc(Cn2c(-c3ccccn3)n[nH]c2=S)no1. The number of aryl methyl sites for hydroxylation is 1. The molecule has 0 amide bonds. The maximum atomic E-state index is 5.21. The molecule has 0 aliphatic rings. The summed E-state index contributed by atoms with van der Waals surface area (Å²) < 4.78 is 7.21. The van der Waals surface area contributed by atoms with Crippen molar-refractivity contribution in [2.45, 2.75) is 13.5 Å².